The van der Waals surface area contributed by atoms with Crippen LogP contribution in [0.4, 0.5) is 15.3 Å². The largest absolute Gasteiger partial charge is 0.465 e. The third kappa shape index (κ3) is 10.2. The summed E-state index contributed by atoms with van der Waals surface area (Å²) in [4.78, 5) is 28.6. The van der Waals surface area contributed by atoms with Crippen LogP contribution in [0.3, 0.4) is 0 Å². The molecule has 4 rings (SSSR count). The zero-order chi connectivity index (χ0) is 37.6. The van der Waals surface area contributed by atoms with Gasteiger partial charge in [-0.25, -0.2) is 18.0 Å². The lowest BCUT2D eigenvalue weighted by Crippen LogP contribution is -2.58. The molecule has 0 saturated carbocycles. The van der Waals surface area contributed by atoms with Crippen molar-refractivity contribution in [3.8, 4) is 6.07 Å². The summed E-state index contributed by atoms with van der Waals surface area (Å²) in [5.74, 6) is -0.231. The summed E-state index contributed by atoms with van der Waals surface area (Å²) in [5.41, 5.74) is -0.386. The number of hydrogen-bond acceptors (Lipinski definition) is 9. The Kier molecular flexibility index (Phi) is 13.1. The van der Waals surface area contributed by atoms with Gasteiger partial charge in [0.2, 0.25) is 10.0 Å². The van der Waals surface area contributed by atoms with Gasteiger partial charge in [-0.15, -0.1) is 0 Å². The van der Waals surface area contributed by atoms with Crippen LogP contribution in [0.1, 0.15) is 66.4 Å². The van der Waals surface area contributed by atoms with E-state index in [1.807, 2.05) is 44.2 Å². The highest BCUT2D eigenvalue weighted by atomic mass is 32.2. The van der Waals surface area contributed by atoms with E-state index >= 15 is 0 Å². The smallest absolute Gasteiger partial charge is 0.414 e. The maximum atomic E-state index is 14.6. The van der Waals surface area contributed by atoms with Crippen molar-refractivity contribution >= 4 is 27.9 Å². The van der Waals surface area contributed by atoms with Gasteiger partial charge >= 0.3 is 12.2 Å². The number of aliphatic hydroxyl groups excluding tert-OH is 1. The Labute approximate surface area is 301 Å². The fourth-order valence-electron chi connectivity index (χ4n) is 6.76. The molecular formula is C37H52N4O9S. The molecule has 0 aromatic heterocycles. The van der Waals surface area contributed by atoms with Gasteiger partial charge in [-0.2, -0.15) is 9.57 Å². The first kappa shape index (κ1) is 40.0. The van der Waals surface area contributed by atoms with Crippen LogP contribution in [0.5, 0.6) is 0 Å². The number of rotatable bonds is 15. The molecule has 2 saturated heterocycles. The minimum atomic E-state index is -4.36. The highest BCUT2D eigenvalue weighted by molar-refractivity contribution is 7.89. The van der Waals surface area contributed by atoms with Crippen molar-refractivity contribution in [1.29, 1.82) is 5.26 Å². The first-order valence-electron chi connectivity index (χ1n) is 17.4. The third-order valence-electron chi connectivity index (χ3n) is 9.28. The van der Waals surface area contributed by atoms with E-state index in [0.29, 0.717) is 25.1 Å². The van der Waals surface area contributed by atoms with E-state index in [-0.39, 0.29) is 43.4 Å². The number of carbonyl (C=O) groups is 2. The molecule has 51 heavy (non-hydrogen) atoms. The lowest BCUT2D eigenvalue weighted by molar-refractivity contribution is -0.0906. The van der Waals surface area contributed by atoms with Gasteiger partial charge in [0.15, 0.2) is 6.29 Å². The molecule has 5 atom stereocenters. The molecular weight excluding hydrogens is 676 g/mol. The van der Waals surface area contributed by atoms with Crippen LogP contribution >= 0.6 is 0 Å². The average Bonchev–Trinajstić information content (AvgIpc) is 3.68. The maximum absolute atomic E-state index is 14.6. The molecule has 14 heteroatoms. The Morgan fingerprint density at radius 1 is 1.08 bits per heavy atom. The number of benzene rings is 2. The van der Waals surface area contributed by atoms with Gasteiger partial charge in [0, 0.05) is 37.7 Å². The highest BCUT2D eigenvalue weighted by Crippen LogP contribution is 2.37. The summed E-state index contributed by atoms with van der Waals surface area (Å²) >= 11 is 0. The summed E-state index contributed by atoms with van der Waals surface area (Å²) in [6.45, 7) is 10.9. The Morgan fingerprint density at radius 2 is 1.78 bits per heavy atom. The number of carbonyl (C=O) groups excluding carboxylic acids is 1. The van der Waals surface area contributed by atoms with E-state index in [1.165, 1.54) is 32.3 Å². The van der Waals surface area contributed by atoms with E-state index < -0.39 is 64.2 Å². The quantitative estimate of drug-likeness (QED) is 0.239. The molecule has 2 aliphatic heterocycles. The van der Waals surface area contributed by atoms with Crippen molar-refractivity contribution in [2.75, 3.05) is 37.7 Å². The standard InChI is InChI=1S/C37H52N4O9S/c1-7-40(35(45)50-36(2,3)4)27-15-11-16-28(22-27)51(46,47)39(25-37(5,6)18-12-19-38)23-32(42)30(21-26-13-9-8-10-14-26)41(34(43)44)31-24-49-33-29(31)17-20-48-33/h8-11,13-16,22,29-33,42H,7,12,17-18,20-21,23-25H2,1-6H3,(H,43,44)/t29-,30-,31-,32+,33+/m0/s1. The second-order valence-corrected chi connectivity index (χ2v) is 16.9. The summed E-state index contributed by atoms with van der Waals surface area (Å²) in [6.07, 6.45) is -2.62. The van der Waals surface area contributed by atoms with Gasteiger partial charge in [-0.3, -0.25) is 9.80 Å². The number of nitriles is 1. The maximum Gasteiger partial charge on any atom is 0.414 e. The third-order valence-corrected chi connectivity index (χ3v) is 11.1. The molecule has 2 aromatic rings. The monoisotopic (exact) mass is 728 g/mol. The Morgan fingerprint density at radius 3 is 2.41 bits per heavy atom. The number of sulfonamides is 1. The van der Waals surface area contributed by atoms with Gasteiger partial charge in [-0.1, -0.05) is 50.2 Å². The SMILES string of the molecule is CCN(C(=O)OC(C)(C)C)c1cccc(S(=O)(=O)N(C[C@@H](O)[C@H](Cc2ccccc2)N(C(=O)O)[C@H]2CO[C@H]3OCC[C@H]32)CC(C)(C)CCC#N)c1. The number of nitrogens with zero attached hydrogens (tertiary/aromatic N) is 4. The minimum Gasteiger partial charge on any atom is -0.465 e. The fourth-order valence-corrected chi connectivity index (χ4v) is 8.44. The van der Waals surface area contributed by atoms with Crippen molar-refractivity contribution in [3.63, 3.8) is 0 Å². The first-order valence-corrected chi connectivity index (χ1v) is 18.9. The van der Waals surface area contributed by atoms with E-state index in [2.05, 4.69) is 6.07 Å². The molecule has 2 heterocycles. The summed E-state index contributed by atoms with van der Waals surface area (Å²) < 4.78 is 47.4. The van der Waals surface area contributed by atoms with Gasteiger partial charge in [-0.05, 0) is 76.1 Å². The van der Waals surface area contributed by atoms with E-state index in [1.54, 1.807) is 33.8 Å². The Bertz CT molecular complexity index is 1640. The van der Waals surface area contributed by atoms with Gasteiger partial charge in [0.05, 0.1) is 42.4 Å². The van der Waals surface area contributed by atoms with Crippen molar-refractivity contribution in [1.82, 2.24) is 9.21 Å². The van der Waals surface area contributed by atoms with Crippen LogP contribution in [0.2, 0.25) is 0 Å². The Balaban J connectivity index is 1.74. The molecule has 0 bridgehead atoms. The van der Waals surface area contributed by atoms with Crippen LogP contribution in [0, 0.1) is 22.7 Å². The summed E-state index contributed by atoms with van der Waals surface area (Å²) in [6, 6.07) is 15.6. The lowest BCUT2D eigenvalue weighted by atomic mass is 9.87. The summed E-state index contributed by atoms with van der Waals surface area (Å²) in [5, 5.41) is 32.1. The fraction of sp³-hybridized carbons (Fsp3) is 0.595. The van der Waals surface area contributed by atoms with Crippen molar-refractivity contribution in [2.24, 2.45) is 11.3 Å². The number of aliphatic hydroxyl groups is 1. The van der Waals surface area contributed by atoms with Crippen molar-refractivity contribution < 1.29 is 42.4 Å². The van der Waals surface area contributed by atoms with E-state index in [0.717, 1.165) is 5.56 Å². The van der Waals surface area contributed by atoms with Crippen molar-refractivity contribution in [3.05, 3.63) is 60.2 Å². The van der Waals surface area contributed by atoms with Crippen LogP contribution in [0.25, 0.3) is 0 Å². The van der Waals surface area contributed by atoms with E-state index in [4.69, 9.17) is 14.2 Å². The number of hydrogen-bond donors (Lipinski definition) is 2. The Hall–Kier alpha value is -3.74. The lowest BCUT2D eigenvalue weighted by Gasteiger charge is -2.40. The number of fused-ring (bicyclic) bond motifs is 1. The average molecular weight is 729 g/mol. The minimum absolute atomic E-state index is 0.0714. The number of carboxylic acid groups (broad SMARTS) is 1. The van der Waals surface area contributed by atoms with Gasteiger partial charge < -0.3 is 24.4 Å². The molecule has 13 nitrogen and oxygen atoms in total. The van der Waals surface area contributed by atoms with E-state index in [9.17, 15) is 33.5 Å². The highest BCUT2D eigenvalue weighted by Gasteiger charge is 2.49. The molecule has 280 valence electrons. The van der Waals surface area contributed by atoms with Crippen molar-refractivity contribution in [2.45, 2.75) is 102 Å². The van der Waals surface area contributed by atoms with Crippen LogP contribution in [-0.4, -0.2) is 103 Å². The normalized spacial score (nSPS) is 20.3. The molecule has 2 aliphatic rings. The molecule has 2 amide bonds. The molecule has 0 spiro atoms. The first-order chi connectivity index (χ1) is 24.0. The molecule has 2 fully saturated rings. The predicted octanol–water partition coefficient (Wildman–Crippen LogP) is 5.48. The zero-order valence-electron chi connectivity index (χ0n) is 30.4. The van der Waals surface area contributed by atoms with Gasteiger partial charge in [0.25, 0.3) is 0 Å². The topological polar surface area (TPSA) is 170 Å². The number of ether oxygens (including phenoxy) is 3. The number of amides is 2. The molecule has 0 unspecified atom stereocenters. The predicted molar refractivity (Wildman–Crippen MR) is 190 cm³/mol. The second kappa shape index (κ2) is 16.7. The molecule has 0 aliphatic carbocycles. The zero-order valence-corrected chi connectivity index (χ0v) is 31.2. The number of anilines is 1. The van der Waals surface area contributed by atoms with Crippen LogP contribution < -0.4 is 4.90 Å². The van der Waals surface area contributed by atoms with Crippen LogP contribution in [-0.2, 0) is 30.7 Å². The summed E-state index contributed by atoms with van der Waals surface area (Å²) in [7, 11) is -4.36. The second-order valence-electron chi connectivity index (χ2n) is 14.9. The molecule has 0 radical (unpaired) electrons. The molecule has 2 N–H and O–H groups in total. The molecule has 2 aromatic carbocycles. The van der Waals surface area contributed by atoms with Crippen LogP contribution in [0.15, 0.2) is 59.5 Å². The van der Waals surface area contributed by atoms with Gasteiger partial charge in [0.1, 0.15) is 5.60 Å².